The summed E-state index contributed by atoms with van der Waals surface area (Å²) in [5.74, 6) is 0.0934. The summed E-state index contributed by atoms with van der Waals surface area (Å²) in [5.41, 5.74) is 2.59. The van der Waals surface area contributed by atoms with Crippen molar-refractivity contribution in [1.29, 1.82) is 0 Å². The molecule has 0 aliphatic heterocycles. The van der Waals surface area contributed by atoms with Crippen LogP contribution in [0.15, 0.2) is 60.0 Å². The van der Waals surface area contributed by atoms with E-state index in [1.54, 1.807) is 12.3 Å². The highest BCUT2D eigenvalue weighted by Crippen LogP contribution is 2.24. The normalized spacial score (nSPS) is 10.7. The van der Waals surface area contributed by atoms with Gasteiger partial charge in [-0.25, -0.2) is 4.98 Å². The lowest BCUT2D eigenvalue weighted by Gasteiger charge is -2.09. The Morgan fingerprint density at radius 2 is 1.96 bits per heavy atom. The first-order valence-electron chi connectivity index (χ1n) is 7.51. The first kappa shape index (κ1) is 17.9. The minimum absolute atomic E-state index is 0.138. The number of imidazole rings is 1. The van der Waals surface area contributed by atoms with E-state index in [1.807, 2.05) is 54.1 Å². The number of carbonyl (C=O) groups excluding carboxylic acids is 1. The number of nitrogens with one attached hydrogen (secondary N) is 1. The van der Waals surface area contributed by atoms with Crippen molar-refractivity contribution in [3.8, 4) is 5.69 Å². The third-order valence-corrected chi connectivity index (χ3v) is 4.97. The molecule has 2 aromatic carbocycles. The van der Waals surface area contributed by atoms with Gasteiger partial charge in [0.05, 0.1) is 16.5 Å². The van der Waals surface area contributed by atoms with E-state index in [9.17, 15) is 4.79 Å². The smallest absolute Gasteiger partial charge is 0.234 e. The van der Waals surface area contributed by atoms with Crippen LogP contribution < -0.4 is 5.32 Å². The van der Waals surface area contributed by atoms with Gasteiger partial charge in [0, 0.05) is 23.1 Å². The Morgan fingerprint density at radius 1 is 1.20 bits per heavy atom. The molecule has 3 aromatic rings. The molecule has 1 heterocycles. The van der Waals surface area contributed by atoms with E-state index < -0.39 is 0 Å². The number of rotatable bonds is 5. The molecule has 4 nitrogen and oxygen atoms in total. The van der Waals surface area contributed by atoms with Crippen LogP contribution in [-0.4, -0.2) is 21.2 Å². The summed E-state index contributed by atoms with van der Waals surface area (Å²) in [6, 6.07) is 13.0. The number of benzene rings is 2. The van der Waals surface area contributed by atoms with E-state index in [2.05, 4.69) is 10.3 Å². The minimum atomic E-state index is -0.138. The number of hydrogen-bond donors (Lipinski definition) is 1. The quantitative estimate of drug-likeness (QED) is 0.606. The zero-order valence-electron chi connectivity index (χ0n) is 13.4. The van der Waals surface area contributed by atoms with Gasteiger partial charge in [-0.2, -0.15) is 0 Å². The Bertz CT molecular complexity index is 894. The van der Waals surface area contributed by atoms with E-state index in [0.29, 0.717) is 15.7 Å². The molecule has 3 rings (SSSR count). The number of aryl methyl sites for hydroxylation is 1. The average Bonchev–Trinajstić information content (AvgIpc) is 3.05. The molecule has 0 fully saturated rings. The molecule has 7 heteroatoms. The van der Waals surface area contributed by atoms with Gasteiger partial charge in [-0.15, -0.1) is 0 Å². The molecule has 0 atom stereocenters. The second-order valence-corrected chi connectivity index (χ2v) is 7.16. The lowest BCUT2D eigenvalue weighted by molar-refractivity contribution is -0.113. The molecular formula is C18H15Cl2N3OS. The summed E-state index contributed by atoms with van der Waals surface area (Å²) in [4.78, 5) is 16.5. The van der Waals surface area contributed by atoms with Crippen molar-refractivity contribution in [3.05, 3.63) is 70.5 Å². The molecule has 1 aromatic heterocycles. The fourth-order valence-electron chi connectivity index (χ4n) is 2.23. The molecule has 0 radical (unpaired) electrons. The summed E-state index contributed by atoms with van der Waals surface area (Å²) in [6.07, 6.45) is 3.55. The van der Waals surface area contributed by atoms with Gasteiger partial charge in [-0.3, -0.25) is 9.36 Å². The molecule has 0 aliphatic rings. The van der Waals surface area contributed by atoms with Crippen LogP contribution >= 0.6 is 35.0 Å². The van der Waals surface area contributed by atoms with Crippen molar-refractivity contribution in [2.75, 3.05) is 11.1 Å². The molecule has 0 saturated heterocycles. The molecule has 0 unspecified atom stereocenters. The monoisotopic (exact) mass is 391 g/mol. The Morgan fingerprint density at radius 3 is 2.68 bits per heavy atom. The maximum atomic E-state index is 12.2. The highest BCUT2D eigenvalue weighted by molar-refractivity contribution is 7.99. The minimum Gasteiger partial charge on any atom is -0.324 e. The summed E-state index contributed by atoms with van der Waals surface area (Å²) in [6.45, 7) is 1.95. The summed E-state index contributed by atoms with van der Waals surface area (Å²) >= 11 is 13.4. The first-order valence-corrected chi connectivity index (χ1v) is 9.25. The van der Waals surface area contributed by atoms with E-state index in [1.165, 1.54) is 11.8 Å². The van der Waals surface area contributed by atoms with Crippen molar-refractivity contribution >= 4 is 46.6 Å². The van der Waals surface area contributed by atoms with Crippen molar-refractivity contribution < 1.29 is 4.79 Å². The fourth-order valence-corrected chi connectivity index (χ4v) is 3.41. The van der Waals surface area contributed by atoms with Crippen LogP contribution in [0.25, 0.3) is 5.69 Å². The van der Waals surface area contributed by atoms with Gasteiger partial charge in [0.15, 0.2) is 5.16 Å². The standard InChI is InChI=1S/C18H15Cl2N3OS/c1-12-2-7-16(15(20)10-12)22-17(24)11-25-18-21-8-9-23(18)14-5-3-13(19)4-6-14/h2-10H,11H2,1H3,(H,22,24). The van der Waals surface area contributed by atoms with E-state index in [0.717, 1.165) is 16.4 Å². The van der Waals surface area contributed by atoms with Crippen molar-refractivity contribution in [1.82, 2.24) is 9.55 Å². The number of carbonyl (C=O) groups is 1. The van der Waals surface area contributed by atoms with Gasteiger partial charge in [-0.05, 0) is 48.9 Å². The predicted molar refractivity (Wildman–Crippen MR) is 104 cm³/mol. The third-order valence-electron chi connectivity index (χ3n) is 3.44. The topological polar surface area (TPSA) is 46.9 Å². The van der Waals surface area contributed by atoms with Gasteiger partial charge >= 0.3 is 0 Å². The van der Waals surface area contributed by atoms with Crippen LogP contribution in [0, 0.1) is 6.92 Å². The van der Waals surface area contributed by atoms with Gasteiger partial charge < -0.3 is 5.32 Å². The van der Waals surface area contributed by atoms with Crippen LogP contribution in [-0.2, 0) is 4.79 Å². The summed E-state index contributed by atoms with van der Waals surface area (Å²) < 4.78 is 1.91. The number of anilines is 1. The molecule has 1 N–H and O–H groups in total. The Kier molecular flexibility index (Phi) is 5.68. The molecule has 128 valence electrons. The van der Waals surface area contributed by atoms with E-state index in [4.69, 9.17) is 23.2 Å². The number of thioether (sulfide) groups is 1. The van der Waals surface area contributed by atoms with Crippen LogP contribution in [0.3, 0.4) is 0 Å². The van der Waals surface area contributed by atoms with Crippen molar-refractivity contribution in [3.63, 3.8) is 0 Å². The van der Waals surface area contributed by atoms with Crippen LogP contribution in [0.5, 0.6) is 0 Å². The zero-order chi connectivity index (χ0) is 17.8. The number of hydrogen-bond acceptors (Lipinski definition) is 3. The summed E-state index contributed by atoms with van der Waals surface area (Å²) in [5, 5.41) is 4.75. The fraction of sp³-hybridized carbons (Fsp3) is 0.111. The lowest BCUT2D eigenvalue weighted by Crippen LogP contribution is -2.14. The maximum absolute atomic E-state index is 12.2. The van der Waals surface area contributed by atoms with Gasteiger partial charge in [0.1, 0.15) is 0 Å². The Hall–Kier alpha value is -1.95. The second kappa shape index (κ2) is 7.95. The average molecular weight is 392 g/mol. The van der Waals surface area contributed by atoms with Gasteiger partial charge in [-0.1, -0.05) is 41.0 Å². The van der Waals surface area contributed by atoms with Crippen LogP contribution in [0.2, 0.25) is 10.0 Å². The third kappa shape index (κ3) is 4.57. The molecule has 0 spiro atoms. The molecule has 0 saturated carbocycles. The van der Waals surface area contributed by atoms with Crippen LogP contribution in [0.1, 0.15) is 5.56 Å². The Labute approximate surface area is 160 Å². The van der Waals surface area contributed by atoms with Crippen molar-refractivity contribution in [2.24, 2.45) is 0 Å². The molecule has 0 aliphatic carbocycles. The largest absolute Gasteiger partial charge is 0.324 e. The second-order valence-electron chi connectivity index (χ2n) is 5.38. The van der Waals surface area contributed by atoms with Crippen molar-refractivity contribution in [2.45, 2.75) is 12.1 Å². The Balaban J connectivity index is 1.65. The number of aromatic nitrogens is 2. The number of nitrogens with zero attached hydrogens (tertiary/aromatic N) is 2. The van der Waals surface area contributed by atoms with Gasteiger partial charge in [0.2, 0.25) is 5.91 Å². The molecule has 25 heavy (non-hydrogen) atoms. The lowest BCUT2D eigenvalue weighted by atomic mass is 10.2. The molecule has 0 bridgehead atoms. The van der Waals surface area contributed by atoms with Gasteiger partial charge in [0.25, 0.3) is 0 Å². The number of halogens is 2. The zero-order valence-corrected chi connectivity index (χ0v) is 15.7. The highest BCUT2D eigenvalue weighted by Gasteiger charge is 2.11. The maximum Gasteiger partial charge on any atom is 0.234 e. The predicted octanol–water partition coefficient (Wildman–Crippen LogP) is 5.22. The first-order chi connectivity index (χ1) is 12.0. The van der Waals surface area contributed by atoms with E-state index >= 15 is 0 Å². The SMILES string of the molecule is Cc1ccc(NC(=O)CSc2nccn2-c2ccc(Cl)cc2)c(Cl)c1. The van der Waals surface area contributed by atoms with Crippen LogP contribution in [0.4, 0.5) is 5.69 Å². The number of amides is 1. The molecular weight excluding hydrogens is 377 g/mol. The summed E-state index contributed by atoms with van der Waals surface area (Å²) in [7, 11) is 0. The van der Waals surface area contributed by atoms with E-state index in [-0.39, 0.29) is 11.7 Å². The molecule has 1 amide bonds. The highest BCUT2D eigenvalue weighted by atomic mass is 35.5.